The van der Waals surface area contributed by atoms with Crippen molar-refractivity contribution in [1.82, 2.24) is 4.90 Å². The maximum Gasteiger partial charge on any atom is 0.223 e. The predicted octanol–water partition coefficient (Wildman–Crippen LogP) is 9.34. The Bertz CT molecular complexity index is 975. The average Bonchev–Trinajstić information content (AvgIpc) is 3.45. The lowest BCUT2D eigenvalue weighted by molar-refractivity contribution is -0.116. The molecule has 0 unspecified atom stereocenters. The summed E-state index contributed by atoms with van der Waals surface area (Å²) in [5.41, 5.74) is 3.41. The predicted molar refractivity (Wildman–Crippen MR) is 168 cm³/mol. The molecule has 1 aliphatic rings. The Morgan fingerprint density at radius 2 is 1.54 bits per heavy atom. The molecule has 0 aromatic heterocycles. The number of benzene rings is 2. The number of carbonyl (C=O) groups excluding carboxylic acids is 1. The van der Waals surface area contributed by atoms with Gasteiger partial charge >= 0.3 is 0 Å². The van der Waals surface area contributed by atoms with E-state index in [1.54, 1.807) is 6.92 Å². The van der Waals surface area contributed by atoms with E-state index in [2.05, 4.69) is 65.9 Å². The van der Waals surface area contributed by atoms with Crippen LogP contribution < -0.4 is 9.64 Å². The van der Waals surface area contributed by atoms with Gasteiger partial charge in [-0.15, -0.1) is 11.8 Å². The molecular weight excluding hydrogens is 500 g/mol. The van der Waals surface area contributed by atoms with Gasteiger partial charge in [0.15, 0.2) is 0 Å². The van der Waals surface area contributed by atoms with Crippen molar-refractivity contribution in [2.75, 3.05) is 23.9 Å². The molecule has 0 radical (unpaired) electrons. The van der Waals surface area contributed by atoms with Crippen LogP contribution in [0.3, 0.4) is 0 Å². The minimum atomic E-state index is 0.0704. The van der Waals surface area contributed by atoms with Crippen LogP contribution in [-0.2, 0) is 17.8 Å². The van der Waals surface area contributed by atoms with Crippen LogP contribution in [0, 0.1) is 0 Å². The molecule has 2 aromatic carbocycles. The Morgan fingerprint density at radius 3 is 2.15 bits per heavy atom. The largest absolute Gasteiger partial charge is 0.494 e. The van der Waals surface area contributed by atoms with E-state index >= 15 is 0 Å². The second-order valence-electron chi connectivity index (χ2n) is 10.8. The molecule has 0 bridgehead atoms. The second-order valence-corrected chi connectivity index (χ2v) is 11.7. The number of ether oxygens (including phenoxy) is 1. The van der Waals surface area contributed by atoms with Gasteiger partial charge in [0.25, 0.3) is 0 Å². The first kappa shape index (κ1) is 31.1. The lowest BCUT2D eigenvalue weighted by Gasteiger charge is -2.22. The number of rotatable bonds is 20. The SMILES string of the molecule is CCCCCCCCCCCCCCOc1cccc(CCN(C(C)=O)c2ccc(CN3C=CSC3)cc2)c1. The van der Waals surface area contributed by atoms with Gasteiger partial charge in [-0.3, -0.25) is 4.79 Å². The first-order valence-electron chi connectivity index (χ1n) is 15.3. The fraction of sp³-hybridized carbons (Fsp3) is 0.559. The first-order chi connectivity index (χ1) is 19.2. The molecule has 5 heteroatoms. The standard InChI is InChI=1S/C34H50N2O2S/c1-3-4-5-6-7-8-9-10-11-12-13-14-25-38-34-17-15-16-31(27-34)22-23-36(30(2)37)33-20-18-32(19-21-33)28-35-24-26-39-29-35/h15-21,24,26-27H,3-14,22-23,25,28-29H2,1-2H3. The molecule has 1 aliphatic heterocycles. The number of nitrogens with zero attached hydrogens (tertiary/aromatic N) is 2. The summed E-state index contributed by atoms with van der Waals surface area (Å²) in [6, 6.07) is 16.8. The van der Waals surface area contributed by atoms with Crippen LogP contribution >= 0.6 is 11.8 Å². The Morgan fingerprint density at radius 1 is 0.872 bits per heavy atom. The minimum absolute atomic E-state index is 0.0704. The third-order valence-corrected chi connectivity index (χ3v) is 8.21. The Hall–Kier alpha value is -2.40. The highest BCUT2D eigenvalue weighted by Gasteiger charge is 2.13. The molecule has 0 saturated carbocycles. The summed E-state index contributed by atoms with van der Waals surface area (Å²) in [4.78, 5) is 16.6. The van der Waals surface area contributed by atoms with Crippen molar-refractivity contribution in [3.05, 3.63) is 71.3 Å². The molecule has 0 atom stereocenters. The summed E-state index contributed by atoms with van der Waals surface area (Å²) in [6.45, 7) is 6.26. The lowest BCUT2D eigenvalue weighted by atomic mass is 10.1. The number of amides is 1. The molecule has 0 aliphatic carbocycles. The van der Waals surface area contributed by atoms with E-state index in [1.165, 1.54) is 81.8 Å². The van der Waals surface area contributed by atoms with E-state index in [0.29, 0.717) is 6.54 Å². The molecule has 0 spiro atoms. The summed E-state index contributed by atoms with van der Waals surface area (Å²) >= 11 is 1.81. The molecule has 4 nitrogen and oxygen atoms in total. The van der Waals surface area contributed by atoms with E-state index < -0.39 is 0 Å². The zero-order valence-corrected chi connectivity index (χ0v) is 25.2. The van der Waals surface area contributed by atoms with Crippen LogP contribution in [0.5, 0.6) is 5.75 Å². The van der Waals surface area contributed by atoms with Gasteiger partial charge in [0.1, 0.15) is 5.75 Å². The van der Waals surface area contributed by atoms with Gasteiger partial charge in [0.2, 0.25) is 5.91 Å². The normalized spacial score (nSPS) is 12.7. The minimum Gasteiger partial charge on any atom is -0.494 e. The zero-order valence-electron chi connectivity index (χ0n) is 24.4. The van der Waals surface area contributed by atoms with Crippen molar-refractivity contribution in [3.8, 4) is 5.75 Å². The zero-order chi connectivity index (χ0) is 27.5. The highest BCUT2D eigenvalue weighted by molar-refractivity contribution is 8.02. The number of anilines is 1. The number of hydrogen-bond acceptors (Lipinski definition) is 4. The molecule has 3 rings (SSSR count). The number of carbonyl (C=O) groups is 1. The Labute approximate surface area is 242 Å². The molecule has 39 heavy (non-hydrogen) atoms. The maximum absolute atomic E-state index is 12.4. The molecule has 0 N–H and O–H groups in total. The smallest absolute Gasteiger partial charge is 0.223 e. The number of unbranched alkanes of at least 4 members (excludes halogenated alkanes) is 11. The van der Waals surface area contributed by atoms with Crippen LogP contribution in [0.2, 0.25) is 0 Å². The van der Waals surface area contributed by atoms with Crippen molar-refractivity contribution < 1.29 is 9.53 Å². The van der Waals surface area contributed by atoms with E-state index in [9.17, 15) is 4.79 Å². The molecular formula is C34H50N2O2S. The van der Waals surface area contributed by atoms with E-state index in [0.717, 1.165) is 43.3 Å². The molecule has 1 heterocycles. The van der Waals surface area contributed by atoms with Gasteiger partial charge in [0.05, 0.1) is 12.5 Å². The van der Waals surface area contributed by atoms with Gasteiger partial charge < -0.3 is 14.5 Å². The number of hydrogen-bond donors (Lipinski definition) is 0. The van der Waals surface area contributed by atoms with Crippen LogP contribution in [-0.4, -0.2) is 29.8 Å². The summed E-state index contributed by atoms with van der Waals surface area (Å²) in [5.74, 6) is 2.01. The van der Waals surface area contributed by atoms with Crippen LogP contribution in [0.4, 0.5) is 5.69 Å². The van der Waals surface area contributed by atoms with Crippen molar-refractivity contribution >= 4 is 23.4 Å². The fourth-order valence-corrected chi connectivity index (χ4v) is 5.77. The van der Waals surface area contributed by atoms with E-state index in [4.69, 9.17) is 4.74 Å². The van der Waals surface area contributed by atoms with Crippen molar-refractivity contribution in [2.24, 2.45) is 0 Å². The molecule has 1 amide bonds. The van der Waals surface area contributed by atoms with Crippen molar-refractivity contribution in [3.63, 3.8) is 0 Å². The van der Waals surface area contributed by atoms with Gasteiger partial charge in [0, 0.05) is 31.9 Å². The van der Waals surface area contributed by atoms with E-state index in [1.807, 2.05) is 22.7 Å². The topological polar surface area (TPSA) is 32.8 Å². The summed E-state index contributed by atoms with van der Waals surface area (Å²) in [7, 11) is 0. The monoisotopic (exact) mass is 550 g/mol. The second kappa shape index (κ2) is 18.8. The molecule has 0 fully saturated rings. The quantitative estimate of drug-likeness (QED) is 0.154. The molecule has 2 aromatic rings. The van der Waals surface area contributed by atoms with Crippen LogP contribution in [0.1, 0.15) is 102 Å². The van der Waals surface area contributed by atoms with Gasteiger partial charge in [-0.2, -0.15) is 0 Å². The molecule has 0 saturated heterocycles. The summed E-state index contributed by atoms with van der Waals surface area (Å²) in [5, 5.41) is 2.13. The summed E-state index contributed by atoms with van der Waals surface area (Å²) < 4.78 is 6.05. The van der Waals surface area contributed by atoms with Crippen molar-refractivity contribution in [1.29, 1.82) is 0 Å². The average molecular weight is 551 g/mol. The van der Waals surface area contributed by atoms with Crippen molar-refractivity contribution in [2.45, 2.75) is 104 Å². The Kier molecular flexibility index (Phi) is 15.0. The fourth-order valence-electron chi connectivity index (χ4n) is 5.06. The van der Waals surface area contributed by atoms with Crippen LogP contribution in [0.25, 0.3) is 0 Å². The van der Waals surface area contributed by atoms with Gasteiger partial charge in [-0.25, -0.2) is 0 Å². The van der Waals surface area contributed by atoms with Gasteiger partial charge in [-0.1, -0.05) is 102 Å². The van der Waals surface area contributed by atoms with Crippen LogP contribution in [0.15, 0.2) is 60.1 Å². The highest BCUT2D eigenvalue weighted by Crippen LogP contribution is 2.22. The Balaban J connectivity index is 1.31. The van der Waals surface area contributed by atoms with Gasteiger partial charge in [-0.05, 0) is 53.6 Å². The lowest BCUT2D eigenvalue weighted by Crippen LogP contribution is -2.30. The van der Waals surface area contributed by atoms with E-state index in [-0.39, 0.29) is 5.91 Å². The summed E-state index contributed by atoms with van der Waals surface area (Å²) in [6.07, 6.45) is 19.2. The highest BCUT2D eigenvalue weighted by atomic mass is 32.2. The third kappa shape index (κ3) is 12.5. The number of thioether (sulfide) groups is 1. The third-order valence-electron chi connectivity index (χ3n) is 7.41. The first-order valence-corrected chi connectivity index (χ1v) is 16.3. The molecule has 214 valence electrons. The maximum atomic E-state index is 12.4.